The second kappa shape index (κ2) is 15.7. The number of halogens is 1. The second-order valence-electron chi connectivity index (χ2n) is 0.238. The molecule has 0 unspecified atom stereocenters. The zero-order valence-electron chi connectivity index (χ0n) is 3.53. The van der Waals surface area contributed by atoms with E-state index in [4.69, 9.17) is 15.3 Å². The van der Waals surface area contributed by atoms with Crippen LogP contribution in [0.2, 0.25) is 0 Å². The van der Waals surface area contributed by atoms with Gasteiger partial charge in [0.2, 0.25) is 0 Å². The molecule has 4 nitrogen and oxygen atoms in total. The molecule has 7 heavy (non-hydrogen) atoms. The van der Waals surface area contributed by atoms with Crippen LogP contribution in [-0.2, 0) is 19.5 Å². The first-order valence-electron chi connectivity index (χ1n) is 0.565. The van der Waals surface area contributed by atoms with Gasteiger partial charge in [0.1, 0.15) is 0 Å². The Kier molecular flexibility index (Phi) is 53.2. The molecule has 0 saturated carbocycles. The van der Waals surface area contributed by atoms with Crippen LogP contribution < -0.4 is 0 Å². The van der Waals surface area contributed by atoms with Gasteiger partial charge in [-0.3, -0.25) is 0 Å². The van der Waals surface area contributed by atoms with Crippen molar-refractivity contribution in [1.82, 2.24) is 0 Å². The minimum absolute atomic E-state index is 0. The molecule has 0 aromatic carbocycles. The standard InChI is InChI=1S/Ca.ClH.HNO3.Zn/c;;2-1(3)4;/h;1H;(H,2,3,4);/q+2;;;+2. The van der Waals surface area contributed by atoms with Crippen molar-refractivity contribution >= 4 is 50.1 Å². The van der Waals surface area contributed by atoms with E-state index in [0.717, 1.165) is 0 Å². The number of nitrogens with zero attached hydrogens (tertiary/aromatic N) is 1. The normalized spacial score (nSPS) is 3.43. The fraction of sp³-hybridized carbons (Fsp3) is 0. The predicted molar refractivity (Wildman–Crippen MR) is 21.8 cm³/mol. The van der Waals surface area contributed by atoms with Gasteiger partial charge < -0.3 is 5.21 Å². The molecule has 0 atom stereocenters. The summed E-state index contributed by atoms with van der Waals surface area (Å²) in [7, 11) is 0. The van der Waals surface area contributed by atoms with E-state index in [1.807, 2.05) is 0 Å². The smallest absolute Gasteiger partial charge is 0.328 e. The second-order valence-corrected chi connectivity index (χ2v) is 0.238. The first-order valence-corrected chi connectivity index (χ1v) is 0.565. The first kappa shape index (κ1) is 23.8. The molecule has 0 aliphatic heterocycles. The Labute approximate surface area is 88.9 Å². The van der Waals surface area contributed by atoms with Crippen molar-refractivity contribution in [3.05, 3.63) is 10.1 Å². The summed E-state index contributed by atoms with van der Waals surface area (Å²) in [5.41, 5.74) is 0. The monoisotopic (exact) mass is 203 g/mol. The number of hydrogen-bond acceptors (Lipinski definition) is 2. The maximum Gasteiger partial charge on any atom is 2.00 e. The van der Waals surface area contributed by atoms with E-state index in [2.05, 4.69) is 0 Å². The molecular formula is H2CaClNO3Zn+4. The molecule has 0 aliphatic carbocycles. The Hall–Kier alpha value is 1.37. The van der Waals surface area contributed by atoms with Crippen molar-refractivity contribution in [2.45, 2.75) is 0 Å². The van der Waals surface area contributed by atoms with Crippen LogP contribution in [-0.4, -0.2) is 48.0 Å². The van der Waals surface area contributed by atoms with E-state index in [1.165, 1.54) is 0 Å². The molecule has 0 spiro atoms. The Morgan fingerprint density at radius 3 is 1.57 bits per heavy atom. The Balaban J connectivity index is -0.0000000150. The minimum Gasteiger partial charge on any atom is -0.328 e. The zero-order chi connectivity index (χ0) is 3.58. The summed E-state index contributed by atoms with van der Waals surface area (Å²) in [4.78, 5) is 8.36. The molecule has 0 amide bonds. The SMILES string of the molecule is Cl.O=[N+]([O-])O.[Ca+2].[Zn+2]. The molecule has 0 bridgehead atoms. The van der Waals surface area contributed by atoms with Crippen LogP contribution in [0.5, 0.6) is 0 Å². The summed E-state index contributed by atoms with van der Waals surface area (Å²) < 4.78 is 0. The van der Waals surface area contributed by atoms with Gasteiger partial charge >= 0.3 is 57.2 Å². The topological polar surface area (TPSA) is 63.4 Å². The maximum absolute atomic E-state index is 8.36. The van der Waals surface area contributed by atoms with Crippen LogP contribution in [0.3, 0.4) is 0 Å². The van der Waals surface area contributed by atoms with Crippen LogP contribution >= 0.6 is 12.4 Å². The fourth-order valence-electron chi connectivity index (χ4n) is 0. The quantitative estimate of drug-likeness (QED) is 0.335. The Morgan fingerprint density at radius 1 is 1.57 bits per heavy atom. The molecule has 0 saturated heterocycles. The van der Waals surface area contributed by atoms with Gasteiger partial charge in [-0.15, -0.1) is 22.5 Å². The molecule has 0 aliphatic rings. The van der Waals surface area contributed by atoms with Crippen molar-refractivity contribution in [3.8, 4) is 0 Å². The van der Waals surface area contributed by atoms with E-state index in [-0.39, 0.29) is 69.6 Å². The third-order valence-corrected chi connectivity index (χ3v) is 0. The van der Waals surface area contributed by atoms with E-state index in [9.17, 15) is 0 Å². The average Bonchev–Trinajstić information content (AvgIpc) is 0.811. The molecule has 0 heterocycles. The summed E-state index contributed by atoms with van der Waals surface area (Å²) in [5.74, 6) is 0. The van der Waals surface area contributed by atoms with E-state index in [0.29, 0.717) is 0 Å². The van der Waals surface area contributed by atoms with Crippen LogP contribution in [0.15, 0.2) is 0 Å². The molecule has 0 aromatic rings. The van der Waals surface area contributed by atoms with Gasteiger partial charge in [-0.2, -0.15) is 0 Å². The van der Waals surface area contributed by atoms with Gasteiger partial charge in [0.05, 0.1) is 0 Å². The average molecular weight is 205 g/mol. The van der Waals surface area contributed by atoms with Crippen LogP contribution in [0.1, 0.15) is 0 Å². The van der Waals surface area contributed by atoms with Gasteiger partial charge in [-0.05, 0) is 0 Å². The molecule has 32 valence electrons. The summed E-state index contributed by atoms with van der Waals surface area (Å²) in [6, 6.07) is 0. The summed E-state index contributed by atoms with van der Waals surface area (Å²) in [6.07, 6.45) is 0. The third-order valence-electron chi connectivity index (χ3n) is 0. The molecule has 0 fully saturated rings. The van der Waals surface area contributed by atoms with Crippen LogP contribution in [0.25, 0.3) is 0 Å². The van der Waals surface area contributed by atoms with Crippen molar-refractivity contribution in [1.29, 1.82) is 0 Å². The van der Waals surface area contributed by atoms with Crippen molar-refractivity contribution in [2.24, 2.45) is 0 Å². The first-order chi connectivity index (χ1) is 1.73. The van der Waals surface area contributed by atoms with Crippen LogP contribution in [0.4, 0.5) is 0 Å². The number of rotatable bonds is 0. The van der Waals surface area contributed by atoms with E-state index < -0.39 is 5.09 Å². The van der Waals surface area contributed by atoms with Gasteiger partial charge in [0, 0.05) is 0 Å². The van der Waals surface area contributed by atoms with E-state index >= 15 is 0 Å². The molecule has 7 heteroatoms. The summed E-state index contributed by atoms with van der Waals surface area (Å²) in [6.45, 7) is 0. The van der Waals surface area contributed by atoms with Crippen molar-refractivity contribution < 1.29 is 29.8 Å². The van der Waals surface area contributed by atoms with E-state index in [1.54, 1.807) is 0 Å². The molecule has 0 aromatic heterocycles. The largest absolute Gasteiger partial charge is 2.00 e. The van der Waals surface area contributed by atoms with Crippen molar-refractivity contribution in [2.75, 3.05) is 0 Å². The summed E-state index contributed by atoms with van der Waals surface area (Å²) >= 11 is 0. The maximum atomic E-state index is 8.36. The van der Waals surface area contributed by atoms with Gasteiger partial charge in [0.15, 0.2) is 0 Å². The van der Waals surface area contributed by atoms with Gasteiger partial charge in [-0.25, -0.2) is 0 Å². The third kappa shape index (κ3) is 113. The fourth-order valence-corrected chi connectivity index (χ4v) is 0. The Morgan fingerprint density at radius 2 is 1.57 bits per heavy atom. The van der Waals surface area contributed by atoms with Crippen molar-refractivity contribution in [3.63, 3.8) is 0 Å². The molecule has 0 rings (SSSR count). The van der Waals surface area contributed by atoms with Gasteiger partial charge in [-0.1, -0.05) is 0 Å². The summed E-state index contributed by atoms with van der Waals surface area (Å²) in [5, 5.41) is 13.6. The molecule has 0 radical (unpaired) electrons. The Bertz CT molecular complexity index is 37.9. The number of hydrogen-bond donors (Lipinski definition) is 1. The van der Waals surface area contributed by atoms with Crippen LogP contribution in [0, 0.1) is 10.1 Å². The predicted octanol–water partition coefficient (Wildman–Crippen LogP) is -0.309. The minimum atomic E-state index is -1.50. The van der Waals surface area contributed by atoms with Gasteiger partial charge in [0.25, 0.3) is 5.09 Å². The molecule has 1 N–H and O–H groups in total. The zero-order valence-corrected chi connectivity index (χ0v) is 9.53. The molecular weight excluding hydrogens is 203 g/mol.